The zero-order chi connectivity index (χ0) is 17.0. The van der Waals surface area contributed by atoms with Crippen LogP contribution in [0.15, 0.2) is 54.7 Å². The van der Waals surface area contributed by atoms with Gasteiger partial charge in [0.2, 0.25) is 0 Å². The summed E-state index contributed by atoms with van der Waals surface area (Å²) >= 11 is 0. The SMILES string of the molecule is C[C@@H]1[C@H](c2cnc3ccccc3n2)[C@@]1(C#N)c1nc2ccccc2[nH]1. The zero-order valence-electron chi connectivity index (χ0n) is 13.6. The van der Waals surface area contributed by atoms with Gasteiger partial charge in [-0.25, -0.2) is 9.97 Å². The summed E-state index contributed by atoms with van der Waals surface area (Å²) in [4.78, 5) is 17.3. The Morgan fingerprint density at radius 1 is 1.00 bits per heavy atom. The average molecular weight is 325 g/mol. The van der Waals surface area contributed by atoms with Gasteiger partial charge < -0.3 is 4.98 Å². The Kier molecular flexibility index (Phi) is 2.75. The third-order valence-corrected chi connectivity index (χ3v) is 5.35. The van der Waals surface area contributed by atoms with Crippen molar-refractivity contribution in [2.24, 2.45) is 5.92 Å². The van der Waals surface area contributed by atoms with Crippen LogP contribution in [-0.4, -0.2) is 19.9 Å². The first-order valence-corrected chi connectivity index (χ1v) is 8.32. The first-order chi connectivity index (χ1) is 12.2. The van der Waals surface area contributed by atoms with Crippen LogP contribution in [0.3, 0.4) is 0 Å². The quantitative estimate of drug-likeness (QED) is 0.609. The predicted molar refractivity (Wildman–Crippen MR) is 94.8 cm³/mol. The van der Waals surface area contributed by atoms with Gasteiger partial charge in [0.25, 0.3) is 0 Å². The number of hydrogen-bond donors (Lipinski definition) is 1. The van der Waals surface area contributed by atoms with E-state index in [1.54, 1.807) is 6.20 Å². The minimum Gasteiger partial charge on any atom is -0.341 e. The second-order valence-electron chi connectivity index (χ2n) is 6.63. The molecule has 3 atom stereocenters. The second-order valence-corrected chi connectivity index (χ2v) is 6.63. The average Bonchev–Trinajstić information content (AvgIpc) is 3.04. The van der Waals surface area contributed by atoms with Crippen LogP contribution < -0.4 is 0 Å². The number of benzene rings is 2. The maximum absolute atomic E-state index is 9.99. The highest BCUT2D eigenvalue weighted by molar-refractivity contribution is 5.76. The normalized spacial score (nSPS) is 25.1. The predicted octanol–water partition coefficient (Wildman–Crippen LogP) is 3.70. The summed E-state index contributed by atoms with van der Waals surface area (Å²) in [5.41, 5.74) is 3.75. The minimum absolute atomic E-state index is 0.00447. The first kappa shape index (κ1) is 14.1. The van der Waals surface area contributed by atoms with Crippen molar-refractivity contribution in [1.82, 2.24) is 19.9 Å². The molecule has 120 valence electrons. The molecule has 5 rings (SSSR count). The maximum atomic E-state index is 9.99. The van der Waals surface area contributed by atoms with E-state index in [2.05, 4.69) is 27.9 Å². The maximum Gasteiger partial charge on any atom is 0.128 e. The van der Waals surface area contributed by atoms with E-state index in [-0.39, 0.29) is 11.8 Å². The van der Waals surface area contributed by atoms with Gasteiger partial charge in [-0.1, -0.05) is 31.2 Å². The lowest BCUT2D eigenvalue weighted by atomic mass is 10.0. The van der Waals surface area contributed by atoms with Crippen molar-refractivity contribution in [3.63, 3.8) is 0 Å². The summed E-state index contributed by atoms with van der Waals surface area (Å²) in [6.45, 7) is 2.08. The molecule has 1 saturated carbocycles. The Labute approximate surface area is 144 Å². The van der Waals surface area contributed by atoms with E-state index < -0.39 is 5.41 Å². The molecule has 1 aliphatic carbocycles. The molecule has 2 aromatic carbocycles. The van der Waals surface area contributed by atoms with Gasteiger partial charge in [-0.05, 0) is 30.2 Å². The monoisotopic (exact) mass is 325 g/mol. The van der Waals surface area contributed by atoms with E-state index in [0.717, 1.165) is 33.6 Å². The molecule has 4 aromatic rings. The minimum atomic E-state index is -0.670. The van der Waals surface area contributed by atoms with Crippen LogP contribution in [0.5, 0.6) is 0 Å². The lowest BCUT2D eigenvalue weighted by Gasteiger charge is -2.06. The lowest BCUT2D eigenvalue weighted by molar-refractivity contribution is 0.737. The standard InChI is InChI=1S/C20H15N5/c1-12-18(17-10-22-13-6-2-3-7-14(13)23-17)20(12,11-21)19-24-15-8-4-5-9-16(15)25-19/h2-10,12,18H,1H3,(H,24,25)/t12-,18-,20+/m1/s1. The molecule has 0 aliphatic heterocycles. The number of rotatable bonds is 2. The summed E-state index contributed by atoms with van der Waals surface area (Å²) in [5.74, 6) is 0.854. The van der Waals surface area contributed by atoms with Gasteiger partial charge in [-0.2, -0.15) is 5.26 Å². The van der Waals surface area contributed by atoms with Crippen molar-refractivity contribution < 1.29 is 0 Å². The molecule has 0 radical (unpaired) electrons. The molecule has 0 unspecified atom stereocenters. The molecular weight excluding hydrogens is 310 g/mol. The van der Waals surface area contributed by atoms with Crippen LogP contribution in [-0.2, 0) is 5.41 Å². The van der Waals surface area contributed by atoms with E-state index in [9.17, 15) is 5.26 Å². The van der Waals surface area contributed by atoms with Crippen molar-refractivity contribution in [3.8, 4) is 6.07 Å². The molecule has 2 aromatic heterocycles. The van der Waals surface area contributed by atoms with Gasteiger partial charge in [0, 0.05) is 12.1 Å². The lowest BCUT2D eigenvalue weighted by Crippen LogP contribution is -2.11. The van der Waals surface area contributed by atoms with Crippen LogP contribution in [0.4, 0.5) is 0 Å². The van der Waals surface area contributed by atoms with Crippen molar-refractivity contribution in [2.45, 2.75) is 18.3 Å². The third-order valence-electron chi connectivity index (χ3n) is 5.35. The van der Waals surface area contributed by atoms with Gasteiger partial charge >= 0.3 is 0 Å². The Morgan fingerprint density at radius 2 is 1.72 bits per heavy atom. The van der Waals surface area contributed by atoms with E-state index in [4.69, 9.17) is 4.98 Å². The van der Waals surface area contributed by atoms with Gasteiger partial charge in [-0.15, -0.1) is 0 Å². The smallest absolute Gasteiger partial charge is 0.128 e. The molecule has 25 heavy (non-hydrogen) atoms. The van der Waals surface area contributed by atoms with Gasteiger partial charge in [0.05, 0.1) is 33.8 Å². The molecule has 2 heterocycles. The number of H-pyrrole nitrogens is 1. The highest BCUT2D eigenvalue weighted by Gasteiger charge is 2.67. The van der Waals surface area contributed by atoms with Crippen molar-refractivity contribution in [3.05, 3.63) is 66.2 Å². The second kappa shape index (κ2) is 4.87. The Morgan fingerprint density at radius 3 is 2.48 bits per heavy atom. The summed E-state index contributed by atoms with van der Waals surface area (Å²) in [5, 5.41) is 9.99. The summed E-state index contributed by atoms with van der Waals surface area (Å²) in [6.07, 6.45) is 1.80. The first-order valence-electron chi connectivity index (χ1n) is 8.32. The Balaban J connectivity index is 1.63. The number of imidazole rings is 1. The van der Waals surface area contributed by atoms with Gasteiger partial charge in [0.1, 0.15) is 11.2 Å². The van der Waals surface area contributed by atoms with Crippen molar-refractivity contribution in [2.75, 3.05) is 0 Å². The number of para-hydroxylation sites is 4. The molecule has 0 bridgehead atoms. The van der Waals surface area contributed by atoms with Crippen LogP contribution in [0.2, 0.25) is 0 Å². The van der Waals surface area contributed by atoms with Crippen LogP contribution >= 0.6 is 0 Å². The van der Waals surface area contributed by atoms with E-state index >= 15 is 0 Å². The number of nitrogens with zero attached hydrogens (tertiary/aromatic N) is 4. The zero-order valence-corrected chi connectivity index (χ0v) is 13.6. The number of aromatic nitrogens is 4. The number of aromatic amines is 1. The molecule has 5 heteroatoms. The third kappa shape index (κ3) is 1.85. The fraction of sp³-hybridized carbons (Fsp3) is 0.200. The summed E-state index contributed by atoms with van der Waals surface area (Å²) in [7, 11) is 0. The summed E-state index contributed by atoms with van der Waals surface area (Å²) in [6, 6.07) is 18.2. The molecule has 0 amide bonds. The van der Waals surface area contributed by atoms with Crippen molar-refractivity contribution in [1.29, 1.82) is 5.26 Å². The number of nitriles is 1. The van der Waals surface area contributed by atoms with Crippen LogP contribution in [0, 0.1) is 17.2 Å². The highest BCUT2D eigenvalue weighted by atomic mass is 15.0. The number of nitrogens with one attached hydrogen (secondary N) is 1. The van der Waals surface area contributed by atoms with Crippen molar-refractivity contribution >= 4 is 22.1 Å². The molecule has 0 spiro atoms. The molecular formula is C20H15N5. The Bertz CT molecular complexity index is 1120. The molecule has 1 N–H and O–H groups in total. The van der Waals surface area contributed by atoms with Gasteiger partial charge in [0.15, 0.2) is 0 Å². The topological polar surface area (TPSA) is 78.2 Å². The fourth-order valence-electron chi connectivity index (χ4n) is 3.91. The van der Waals surface area contributed by atoms with Gasteiger partial charge in [-0.3, -0.25) is 4.98 Å². The Hall–Kier alpha value is -3.26. The molecule has 0 saturated heterocycles. The number of fused-ring (bicyclic) bond motifs is 2. The van der Waals surface area contributed by atoms with E-state index in [0.29, 0.717) is 0 Å². The molecule has 5 nitrogen and oxygen atoms in total. The fourth-order valence-corrected chi connectivity index (χ4v) is 3.91. The number of hydrogen-bond acceptors (Lipinski definition) is 4. The highest BCUT2D eigenvalue weighted by Crippen LogP contribution is 2.64. The van der Waals surface area contributed by atoms with Crippen LogP contribution in [0.1, 0.15) is 24.4 Å². The van der Waals surface area contributed by atoms with Crippen LogP contribution in [0.25, 0.3) is 22.1 Å². The molecule has 1 aliphatic rings. The largest absolute Gasteiger partial charge is 0.341 e. The summed E-state index contributed by atoms with van der Waals surface area (Å²) < 4.78 is 0. The van der Waals surface area contributed by atoms with E-state index in [1.807, 2.05) is 48.5 Å². The van der Waals surface area contributed by atoms with E-state index in [1.165, 1.54) is 0 Å². The molecule has 1 fully saturated rings.